The highest BCUT2D eigenvalue weighted by Gasteiger charge is 1.97. The van der Waals surface area contributed by atoms with Gasteiger partial charge in [0.05, 0.1) is 0 Å². The molecule has 0 saturated heterocycles. The van der Waals surface area contributed by atoms with E-state index in [0.717, 1.165) is 15.9 Å². The summed E-state index contributed by atoms with van der Waals surface area (Å²) < 4.78 is 0. The van der Waals surface area contributed by atoms with Crippen molar-refractivity contribution in [2.45, 2.75) is 26.7 Å². The number of hydrogen-bond donors (Lipinski definition) is 0. The van der Waals surface area contributed by atoms with Crippen molar-refractivity contribution in [2.75, 3.05) is 0 Å². The van der Waals surface area contributed by atoms with Crippen molar-refractivity contribution in [3.8, 4) is 0 Å². The highest BCUT2D eigenvalue weighted by atomic mass is 28.2. The Morgan fingerprint density at radius 3 is 2.46 bits per heavy atom. The minimum atomic E-state index is 0.864. The Balaban J connectivity index is 2.62. The van der Waals surface area contributed by atoms with Gasteiger partial charge < -0.3 is 0 Å². The molecule has 0 aliphatic heterocycles. The predicted octanol–water partition coefficient (Wildman–Crippen LogP) is 2.72. The van der Waals surface area contributed by atoms with Crippen LogP contribution in [0.1, 0.15) is 26.7 Å². The van der Waals surface area contributed by atoms with Gasteiger partial charge in [0.1, 0.15) is 9.52 Å². The number of allylic oxidation sites excluding steroid dienone is 2. The maximum atomic E-state index is 2.35. The van der Waals surface area contributed by atoms with Crippen LogP contribution in [-0.4, -0.2) is 9.52 Å². The largest absolute Gasteiger partial charge is 0.115 e. The van der Waals surface area contributed by atoms with Gasteiger partial charge in [0.2, 0.25) is 0 Å². The smallest absolute Gasteiger partial charge is 0.0895 e. The van der Waals surface area contributed by atoms with Gasteiger partial charge in [-0.25, -0.2) is 0 Å². The van der Waals surface area contributed by atoms with Crippen LogP contribution in [0, 0.1) is 0 Å². The molecule has 2 radical (unpaired) electrons. The summed E-state index contributed by atoms with van der Waals surface area (Å²) in [7, 11) is 0.864. The molecule has 0 amide bonds. The summed E-state index contributed by atoms with van der Waals surface area (Å²) >= 11 is 0. The molecule has 1 rings (SSSR count). The highest BCUT2D eigenvalue weighted by Crippen LogP contribution is 2.00. The molecule has 0 aliphatic rings. The minimum Gasteiger partial charge on any atom is -0.0895 e. The second-order valence-electron chi connectivity index (χ2n) is 2.98. The van der Waals surface area contributed by atoms with E-state index < -0.39 is 0 Å². The van der Waals surface area contributed by atoms with Gasteiger partial charge in [-0.2, -0.15) is 0 Å². The van der Waals surface area contributed by atoms with Gasteiger partial charge >= 0.3 is 0 Å². The maximum Gasteiger partial charge on any atom is 0.115 e. The minimum absolute atomic E-state index is 0.864. The fraction of sp³-hybridized carbons (Fsp3) is 0.333. The quantitative estimate of drug-likeness (QED) is 0.637. The van der Waals surface area contributed by atoms with Crippen LogP contribution in [0.5, 0.6) is 0 Å². The Bertz CT molecular complexity index is 262. The lowest BCUT2D eigenvalue weighted by Crippen LogP contribution is -2.15. The molecule has 0 heterocycles. The van der Waals surface area contributed by atoms with Crippen LogP contribution in [0.15, 0.2) is 41.6 Å². The summed E-state index contributed by atoms with van der Waals surface area (Å²) in [5.41, 5.74) is 0. The Morgan fingerprint density at radius 2 is 1.92 bits per heavy atom. The van der Waals surface area contributed by atoms with Crippen molar-refractivity contribution in [3.63, 3.8) is 0 Å². The third-order valence-electron chi connectivity index (χ3n) is 1.91. The Kier molecular flexibility index (Phi) is 4.55. The lowest BCUT2D eigenvalue weighted by Gasteiger charge is -2.02. The van der Waals surface area contributed by atoms with Gasteiger partial charge in [-0.3, -0.25) is 0 Å². The van der Waals surface area contributed by atoms with Crippen LogP contribution in [0.2, 0.25) is 0 Å². The average Bonchev–Trinajstić information content (AvgIpc) is 2.19. The normalized spacial score (nSPS) is 11.7. The molecule has 1 aromatic carbocycles. The molecule has 0 N–H and O–H groups in total. The van der Waals surface area contributed by atoms with E-state index in [-0.39, 0.29) is 0 Å². The van der Waals surface area contributed by atoms with Crippen LogP contribution in [-0.2, 0) is 0 Å². The van der Waals surface area contributed by atoms with Crippen LogP contribution >= 0.6 is 0 Å². The van der Waals surface area contributed by atoms with Gasteiger partial charge in [-0.15, -0.1) is 0 Å². The van der Waals surface area contributed by atoms with E-state index in [4.69, 9.17) is 0 Å². The summed E-state index contributed by atoms with van der Waals surface area (Å²) in [5, 5.41) is 3.03. The Hall–Kier alpha value is -0.823. The molecular formula is C12H16Si. The van der Waals surface area contributed by atoms with Crippen molar-refractivity contribution in [1.82, 2.24) is 0 Å². The Morgan fingerprint density at radius 1 is 1.23 bits per heavy atom. The number of benzene rings is 1. The van der Waals surface area contributed by atoms with Crippen LogP contribution < -0.4 is 5.19 Å². The van der Waals surface area contributed by atoms with Crippen molar-refractivity contribution in [2.24, 2.45) is 0 Å². The molecular weight excluding hydrogens is 172 g/mol. The molecule has 0 aromatic heterocycles. The highest BCUT2D eigenvalue weighted by molar-refractivity contribution is 6.60. The van der Waals surface area contributed by atoms with Gasteiger partial charge in [0, 0.05) is 0 Å². The lowest BCUT2D eigenvalue weighted by molar-refractivity contribution is 1.13. The molecule has 0 bridgehead atoms. The third kappa shape index (κ3) is 3.60. The predicted molar refractivity (Wildman–Crippen MR) is 60.5 cm³/mol. The van der Waals surface area contributed by atoms with E-state index in [2.05, 4.69) is 50.3 Å². The SMILES string of the molecule is CC/C=C(\CC)[Si]c1ccccc1. The van der Waals surface area contributed by atoms with Gasteiger partial charge in [-0.05, 0) is 12.8 Å². The molecule has 0 fully saturated rings. The molecule has 13 heavy (non-hydrogen) atoms. The van der Waals surface area contributed by atoms with Gasteiger partial charge in [0.15, 0.2) is 0 Å². The van der Waals surface area contributed by atoms with E-state index in [1.54, 1.807) is 5.20 Å². The molecule has 0 aliphatic carbocycles. The zero-order valence-corrected chi connectivity index (χ0v) is 9.38. The summed E-state index contributed by atoms with van der Waals surface area (Å²) in [6, 6.07) is 10.7. The second kappa shape index (κ2) is 5.76. The summed E-state index contributed by atoms with van der Waals surface area (Å²) in [6.45, 7) is 4.43. The molecule has 0 atom stereocenters. The zero-order chi connectivity index (χ0) is 9.52. The maximum absolute atomic E-state index is 2.35. The molecule has 0 saturated carbocycles. The van der Waals surface area contributed by atoms with Gasteiger partial charge in [0.25, 0.3) is 0 Å². The molecule has 0 unspecified atom stereocenters. The monoisotopic (exact) mass is 188 g/mol. The fourth-order valence-electron chi connectivity index (χ4n) is 1.24. The molecule has 68 valence electrons. The second-order valence-corrected chi connectivity index (χ2v) is 4.45. The molecule has 1 aromatic rings. The van der Waals surface area contributed by atoms with Crippen molar-refractivity contribution in [1.29, 1.82) is 0 Å². The van der Waals surface area contributed by atoms with Crippen molar-refractivity contribution in [3.05, 3.63) is 41.6 Å². The number of hydrogen-bond acceptors (Lipinski definition) is 0. The first-order valence-corrected chi connectivity index (χ1v) is 5.88. The molecule has 1 heteroatoms. The first-order chi connectivity index (χ1) is 6.36. The van der Waals surface area contributed by atoms with E-state index in [0.29, 0.717) is 0 Å². The van der Waals surface area contributed by atoms with Gasteiger partial charge in [-0.1, -0.05) is 60.6 Å². The van der Waals surface area contributed by atoms with E-state index >= 15 is 0 Å². The lowest BCUT2D eigenvalue weighted by atomic mass is 10.3. The van der Waals surface area contributed by atoms with E-state index in [1.807, 2.05) is 0 Å². The Labute approximate surface area is 83.5 Å². The summed E-state index contributed by atoms with van der Waals surface area (Å²) in [4.78, 5) is 0. The topological polar surface area (TPSA) is 0 Å². The fourth-order valence-corrected chi connectivity index (χ4v) is 2.45. The van der Waals surface area contributed by atoms with E-state index in [1.165, 1.54) is 11.6 Å². The number of rotatable bonds is 4. The van der Waals surface area contributed by atoms with Crippen molar-refractivity contribution >= 4 is 14.7 Å². The average molecular weight is 188 g/mol. The summed E-state index contributed by atoms with van der Waals surface area (Å²) in [6.07, 6.45) is 4.69. The molecule has 0 spiro atoms. The first kappa shape index (κ1) is 10.3. The van der Waals surface area contributed by atoms with Crippen LogP contribution in [0.25, 0.3) is 0 Å². The molecule has 0 nitrogen and oxygen atoms in total. The van der Waals surface area contributed by atoms with Crippen LogP contribution in [0.3, 0.4) is 0 Å². The third-order valence-corrected chi connectivity index (χ3v) is 3.41. The van der Waals surface area contributed by atoms with Crippen molar-refractivity contribution < 1.29 is 0 Å². The first-order valence-electron chi connectivity index (χ1n) is 4.88. The zero-order valence-electron chi connectivity index (χ0n) is 8.38. The standard InChI is InChI=1S/C12H16Si/c1-3-8-11(4-2)13-12-9-6-5-7-10-12/h5-10H,3-4H2,1-2H3/b11-8+. The van der Waals surface area contributed by atoms with Crippen LogP contribution in [0.4, 0.5) is 0 Å². The summed E-state index contributed by atoms with van der Waals surface area (Å²) in [5.74, 6) is 0. The van der Waals surface area contributed by atoms with E-state index in [9.17, 15) is 0 Å².